The van der Waals surface area contributed by atoms with E-state index in [9.17, 15) is 5.11 Å². The molecule has 2 aromatic carbocycles. The molecular formula is C26H37NO. The minimum atomic E-state index is -0.367. The van der Waals surface area contributed by atoms with Crippen molar-refractivity contribution in [3.05, 3.63) is 59.2 Å². The summed E-state index contributed by atoms with van der Waals surface area (Å²) in [5, 5.41) is 10.8. The predicted octanol–water partition coefficient (Wildman–Crippen LogP) is 6.36. The highest BCUT2D eigenvalue weighted by atomic mass is 16.3. The van der Waals surface area contributed by atoms with E-state index in [1.165, 1.54) is 73.9 Å². The molecule has 0 amide bonds. The molecule has 0 saturated carbocycles. The largest absolute Gasteiger partial charge is 0.388 e. The molecule has 0 aromatic heterocycles. The molecule has 2 aromatic rings. The van der Waals surface area contributed by atoms with Crippen molar-refractivity contribution in [3.8, 4) is 11.1 Å². The maximum Gasteiger partial charge on any atom is 0.0802 e. The van der Waals surface area contributed by atoms with Gasteiger partial charge in [0.15, 0.2) is 0 Å². The molecule has 3 rings (SSSR count). The van der Waals surface area contributed by atoms with Crippen LogP contribution in [0.25, 0.3) is 11.1 Å². The molecule has 0 saturated heterocycles. The molecule has 2 heteroatoms. The second kappa shape index (κ2) is 10.8. The monoisotopic (exact) mass is 379 g/mol. The second-order valence-corrected chi connectivity index (χ2v) is 8.31. The number of aliphatic hydroxyl groups is 1. The van der Waals surface area contributed by atoms with Gasteiger partial charge in [-0.1, -0.05) is 82.0 Å². The number of nitrogens with zero attached hydrogens (tertiary/aromatic N) is 1. The normalized spacial score (nSPS) is 13.6. The number of rotatable bonds is 12. The first-order chi connectivity index (χ1) is 13.7. The molecule has 0 aliphatic heterocycles. The summed E-state index contributed by atoms with van der Waals surface area (Å²) in [6.45, 7) is 7.86. The Labute approximate surface area is 171 Å². The first-order valence-corrected chi connectivity index (χ1v) is 11.3. The number of aliphatic hydroxyl groups excluding tert-OH is 1. The van der Waals surface area contributed by atoms with Gasteiger partial charge in [-0.15, -0.1) is 0 Å². The Balaban J connectivity index is 1.57. The summed E-state index contributed by atoms with van der Waals surface area (Å²) in [7, 11) is 0. The van der Waals surface area contributed by atoms with Crippen LogP contribution in [0.2, 0.25) is 0 Å². The van der Waals surface area contributed by atoms with Crippen molar-refractivity contribution >= 4 is 0 Å². The van der Waals surface area contributed by atoms with Gasteiger partial charge in [0.1, 0.15) is 0 Å². The molecule has 28 heavy (non-hydrogen) atoms. The van der Waals surface area contributed by atoms with Crippen LogP contribution in [-0.4, -0.2) is 29.6 Å². The first-order valence-electron chi connectivity index (χ1n) is 11.3. The van der Waals surface area contributed by atoms with Gasteiger partial charge in [0.2, 0.25) is 0 Å². The van der Waals surface area contributed by atoms with Crippen LogP contribution in [-0.2, 0) is 6.42 Å². The number of benzene rings is 2. The van der Waals surface area contributed by atoms with Gasteiger partial charge >= 0.3 is 0 Å². The lowest BCUT2D eigenvalue weighted by Crippen LogP contribution is -2.28. The second-order valence-electron chi connectivity index (χ2n) is 8.31. The maximum atomic E-state index is 10.8. The third-order valence-electron chi connectivity index (χ3n) is 6.08. The van der Waals surface area contributed by atoms with Crippen molar-refractivity contribution in [3.63, 3.8) is 0 Å². The van der Waals surface area contributed by atoms with Crippen LogP contribution in [0.1, 0.15) is 81.6 Å². The Hall–Kier alpha value is -1.64. The van der Waals surface area contributed by atoms with Gasteiger partial charge in [-0.25, -0.2) is 0 Å². The fourth-order valence-corrected chi connectivity index (χ4v) is 4.35. The van der Waals surface area contributed by atoms with Crippen molar-refractivity contribution in [1.29, 1.82) is 0 Å². The highest BCUT2D eigenvalue weighted by Gasteiger charge is 2.19. The maximum absolute atomic E-state index is 10.8. The standard InChI is InChI=1S/C26H37NO/c1-3-5-9-16-27(17-10-6-4-2)18-15-26(28)22-13-14-25-23(20-22)19-21-11-7-8-12-24(21)25/h7-8,11-14,20,26,28H,3-6,9-10,15-19H2,1-2H3/t26-/m0/s1. The molecule has 0 spiro atoms. The fourth-order valence-electron chi connectivity index (χ4n) is 4.35. The van der Waals surface area contributed by atoms with E-state index in [2.05, 4.69) is 61.2 Å². The Bertz CT molecular complexity index is 729. The van der Waals surface area contributed by atoms with Gasteiger partial charge in [-0.2, -0.15) is 0 Å². The number of fused-ring (bicyclic) bond motifs is 3. The lowest BCUT2D eigenvalue weighted by molar-refractivity contribution is 0.140. The van der Waals surface area contributed by atoms with E-state index in [4.69, 9.17) is 0 Å². The van der Waals surface area contributed by atoms with E-state index in [0.29, 0.717) is 0 Å². The zero-order valence-electron chi connectivity index (χ0n) is 17.8. The first kappa shape index (κ1) is 21.1. The summed E-state index contributed by atoms with van der Waals surface area (Å²) in [6.07, 6.45) is 9.14. The molecule has 1 atom stereocenters. The van der Waals surface area contributed by atoms with E-state index < -0.39 is 0 Å². The quantitative estimate of drug-likeness (QED) is 0.370. The van der Waals surface area contributed by atoms with Crippen molar-refractivity contribution in [2.24, 2.45) is 0 Å². The van der Waals surface area contributed by atoms with E-state index in [1.54, 1.807) is 0 Å². The van der Waals surface area contributed by atoms with E-state index in [-0.39, 0.29) is 6.10 Å². The molecule has 1 aliphatic carbocycles. The van der Waals surface area contributed by atoms with Crippen LogP contribution < -0.4 is 0 Å². The van der Waals surface area contributed by atoms with Gasteiger partial charge in [-0.05, 0) is 66.6 Å². The molecule has 1 N–H and O–H groups in total. The fraction of sp³-hybridized carbons (Fsp3) is 0.538. The summed E-state index contributed by atoms with van der Waals surface area (Å²) in [5.41, 5.74) is 6.54. The molecule has 1 aliphatic rings. The van der Waals surface area contributed by atoms with Crippen LogP contribution >= 0.6 is 0 Å². The average Bonchev–Trinajstić information content (AvgIpc) is 3.09. The smallest absolute Gasteiger partial charge is 0.0802 e. The summed E-state index contributed by atoms with van der Waals surface area (Å²) >= 11 is 0. The van der Waals surface area contributed by atoms with Crippen molar-refractivity contribution in [2.75, 3.05) is 19.6 Å². The van der Waals surface area contributed by atoms with Crippen LogP contribution in [0.3, 0.4) is 0 Å². The lowest BCUT2D eigenvalue weighted by Gasteiger charge is -2.24. The zero-order chi connectivity index (χ0) is 19.8. The van der Waals surface area contributed by atoms with Crippen LogP contribution in [0.15, 0.2) is 42.5 Å². The van der Waals surface area contributed by atoms with Gasteiger partial charge in [0.25, 0.3) is 0 Å². The third-order valence-corrected chi connectivity index (χ3v) is 6.08. The summed E-state index contributed by atoms with van der Waals surface area (Å²) in [6, 6.07) is 15.2. The van der Waals surface area contributed by atoms with Gasteiger partial charge in [0.05, 0.1) is 6.10 Å². The Morgan fingerprint density at radius 1 is 0.821 bits per heavy atom. The highest BCUT2D eigenvalue weighted by Crippen LogP contribution is 2.37. The highest BCUT2D eigenvalue weighted by molar-refractivity contribution is 5.76. The Morgan fingerprint density at radius 3 is 2.21 bits per heavy atom. The molecule has 0 radical (unpaired) electrons. The van der Waals surface area contributed by atoms with Crippen molar-refractivity contribution in [1.82, 2.24) is 4.90 Å². The SMILES string of the molecule is CCCCCN(CCCCC)CC[C@H](O)c1ccc2c(c1)Cc1ccccc1-2. The van der Waals surface area contributed by atoms with Crippen LogP contribution in [0.5, 0.6) is 0 Å². The zero-order valence-corrected chi connectivity index (χ0v) is 17.8. The summed E-state index contributed by atoms with van der Waals surface area (Å²) in [4.78, 5) is 2.57. The average molecular weight is 380 g/mol. The lowest BCUT2D eigenvalue weighted by atomic mass is 9.99. The van der Waals surface area contributed by atoms with Crippen LogP contribution in [0, 0.1) is 0 Å². The van der Waals surface area contributed by atoms with Gasteiger partial charge < -0.3 is 10.0 Å². The molecule has 0 bridgehead atoms. The van der Waals surface area contributed by atoms with Crippen molar-refractivity contribution < 1.29 is 5.11 Å². The van der Waals surface area contributed by atoms with E-state index in [0.717, 1.165) is 24.9 Å². The molecule has 152 valence electrons. The Morgan fingerprint density at radius 2 is 1.50 bits per heavy atom. The van der Waals surface area contributed by atoms with Gasteiger partial charge in [0, 0.05) is 6.54 Å². The third kappa shape index (κ3) is 5.46. The Kier molecular flexibility index (Phi) is 8.12. The van der Waals surface area contributed by atoms with E-state index >= 15 is 0 Å². The molecule has 2 nitrogen and oxygen atoms in total. The molecule has 0 unspecified atom stereocenters. The minimum Gasteiger partial charge on any atom is -0.388 e. The van der Waals surface area contributed by atoms with E-state index in [1.807, 2.05) is 0 Å². The topological polar surface area (TPSA) is 23.5 Å². The molecule has 0 fully saturated rings. The minimum absolute atomic E-state index is 0.367. The number of unbranched alkanes of at least 4 members (excludes halogenated alkanes) is 4. The van der Waals surface area contributed by atoms with Crippen molar-refractivity contribution in [2.45, 2.75) is 71.3 Å². The number of hydrogen-bond acceptors (Lipinski definition) is 2. The van der Waals surface area contributed by atoms with Gasteiger partial charge in [-0.3, -0.25) is 0 Å². The summed E-state index contributed by atoms with van der Waals surface area (Å²) in [5.74, 6) is 0. The van der Waals surface area contributed by atoms with Crippen LogP contribution in [0.4, 0.5) is 0 Å². The molecular weight excluding hydrogens is 342 g/mol. The predicted molar refractivity (Wildman–Crippen MR) is 120 cm³/mol. The molecule has 0 heterocycles. The number of hydrogen-bond donors (Lipinski definition) is 1. The summed E-state index contributed by atoms with van der Waals surface area (Å²) < 4.78 is 0.